The molecule has 9 N–H and O–H groups in total. The zero-order valence-corrected chi connectivity index (χ0v) is 36.0. The van der Waals surface area contributed by atoms with Crippen molar-refractivity contribution in [2.45, 2.75) is 171 Å². The first-order valence-electron chi connectivity index (χ1n) is 22.2. The third-order valence-corrected chi connectivity index (χ3v) is 12.7. The molecule has 0 spiro atoms. The summed E-state index contributed by atoms with van der Waals surface area (Å²) in [6.45, 7) is 1.79. The molecule has 0 radical (unpaired) electrons. The van der Waals surface area contributed by atoms with E-state index in [9.17, 15) is 49.5 Å². The van der Waals surface area contributed by atoms with Crippen LogP contribution in [0.5, 0.6) is 5.75 Å². The lowest BCUT2D eigenvalue weighted by Gasteiger charge is -2.48. The molecule has 20 nitrogen and oxygen atoms in total. The molecule has 348 valence electrons. The smallest absolute Gasteiger partial charge is 0.364 e. The number of aromatic hydroxyl groups is 1. The maximum atomic E-state index is 13.5. The Morgan fingerprint density at radius 3 is 2.25 bits per heavy atom. The van der Waals surface area contributed by atoms with Crippen molar-refractivity contribution in [1.82, 2.24) is 36.3 Å². The maximum Gasteiger partial charge on any atom is 0.364 e. The number of hydrogen-bond donors (Lipinski definition) is 9. The number of phenols is 1. The molecule has 3 saturated carbocycles. The second-order valence-corrected chi connectivity index (χ2v) is 17.5. The van der Waals surface area contributed by atoms with Crippen molar-refractivity contribution in [3.05, 3.63) is 40.7 Å². The third kappa shape index (κ3) is 12.5. The van der Waals surface area contributed by atoms with Gasteiger partial charge in [0.15, 0.2) is 0 Å². The molecule has 20 heteroatoms. The Kier molecular flexibility index (Phi) is 16.5. The minimum absolute atomic E-state index is 0.0200. The van der Waals surface area contributed by atoms with E-state index in [1.807, 2.05) is 0 Å². The number of carboxylic acids is 1. The molecular formula is C43H63N7O13. The van der Waals surface area contributed by atoms with Crippen LogP contribution in [0, 0.1) is 13.8 Å². The highest BCUT2D eigenvalue weighted by atomic mass is 16.7. The molecule has 6 rings (SSSR count). The first-order chi connectivity index (χ1) is 30.1. The number of ether oxygens (including phenoxy) is 3. The SMILES string of the molecule is Cc1cc(C(=O)NC[C@@H](O)[C@@H](O)[C@@H]2O[C@@](OC3CCCCC3NC(=O)CNC(=O)COC3CCCC3)(C(=O)O)C[C@H](O)[C@H]2NC(=O)Cn2cc(C3CCCCC3)nn2)cc(C)c1O. The first-order valence-corrected chi connectivity index (χ1v) is 22.2. The largest absolute Gasteiger partial charge is 0.507 e. The third-order valence-electron chi connectivity index (χ3n) is 12.7. The minimum Gasteiger partial charge on any atom is -0.507 e. The van der Waals surface area contributed by atoms with Crippen molar-refractivity contribution in [2.24, 2.45) is 0 Å². The van der Waals surface area contributed by atoms with Crippen molar-refractivity contribution in [2.75, 3.05) is 19.7 Å². The van der Waals surface area contributed by atoms with E-state index in [0.29, 0.717) is 30.4 Å². The number of phenolic OH excluding ortho intramolecular Hbond substituents is 1. The van der Waals surface area contributed by atoms with E-state index in [2.05, 4.69) is 31.6 Å². The van der Waals surface area contributed by atoms with Gasteiger partial charge in [0.2, 0.25) is 17.7 Å². The summed E-state index contributed by atoms with van der Waals surface area (Å²) in [6.07, 6.45) is 3.59. The monoisotopic (exact) mass is 885 g/mol. The normalized spacial score (nSPS) is 26.7. The van der Waals surface area contributed by atoms with Gasteiger partial charge in [0.05, 0.1) is 48.7 Å². The number of benzene rings is 1. The van der Waals surface area contributed by atoms with Gasteiger partial charge in [0.25, 0.3) is 11.7 Å². The van der Waals surface area contributed by atoms with Gasteiger partial charge >= 0.3 is 5.97 Å². The summed E-state index contributed by atoms with van der Waals surface area (Å²) in [5, 5.41) is 74.4. The summed E-state index contributed by atoms with van der Waals surface area (Å²) in [6, 6.07) is 0.663. The maximum absolute atomic E-state index is 13.5. The zero-order valence-electron chi connectivity index (χ0n) is 36.0. The average Bonchev–Trinajstić information content (AvgIpc) is 3.97. The number of nitrogens with one attached hydrogen (secondary N) is 4. The number of aromatic nitrogens is 3. The standard InChI is InChI=1S/C43H63N7O13/c1-24-16-27(17-25(2)38(24)56)41(58)45-19-32(52)39(57)40-37(47-35(54)22-50-21-30(48-49-50)26-10-4-3-5-11-26)31(51)18-43(63-40,42(59)60)62-33-15-9-8-14-29(33)46-34(53)20-44-36(55)23-61-28-12-6-7-13-28/h16-17,21,26,28-29,31-33,37,39-40,51-52,56-57H,3-15,18-20,22-23H2,1-2H3,(H,44,55)(H,45,58)(H,46,53)(H,47,54)(H,59,60)/t29?,31-,32+,33?,37+,39+,40+,43+/m0/s1. The highest BCUT2D eigenvalue weighted by Crippen LogP contribution is 2.37. The van der Waals surface area contributed by atoms with Gasteiger partial charge in [-0.15, -0.1) is 5.10 Å². The van der Waals surface area contributed by atoms with Gasteiger partial charge in [-0.2, -0.15) is 0 Å². The van der Waals surface area contributed by atoms with E-state index in [4.69, 9.17) is 14.2 Å². The predicted octanol–water partition coefficient (Wildman–Crippen LogP) is 0.735. The molecule has 1 aromatic heterocycles. The van der Waals surface area contributed by atoms with Crippen LogP contribution >= 0.6 is 0 Å². The zero-order chi connectivity index (χ0) is 45.3. The number of amides is 4. The molecule has 1 aromatic carbocycles. The number of carboxylic acid groups (broad SMARTS) is 1. The number of hydrogen-bond acceptors (Lipinski definition) is 14. The van der Waals surface area contributed by atoms with Crippen LogP contribution in [-0.2, 0) is 39.9 Å². The Bertz CT molecular complexity index is 1900. The summed E-state index contributed by atoms with van der Waals surface area (Å²) >= 11 is 0. The lowest BCUT2D eigenvalue weighted by atomic mass is 9.87. The van der Waals surface area contributed by atoms with E-state index in [-0.39, 0.29) is 49.5 Å². The van der Waals surface area contributed by atoms with E-state index >= 15 is 0 Å². The van der Waals surface area contributed by atoms with Crippen LogP contribution in [0.15, 0.2) is 18.3 Å². The van der Waals surface area contributed by atoms with Gasteiger partial charge in [-0.1, -0.05) is 50.2 Å². The number of aliphatic carboxylic acids is 1. The van der Waals surface area contributed by atoms with E-state index < -0.39 is 91.0 Å². The van der Waals surface area contributed by atoms with Crippen molar-refractivity contribution in [1.29, 1.82) is 0 Å². The van der Waals surface area contributed by atoms with Crippen LogP contribution in [0.4, 0.5) is 0 Å². The van der Waals surface area contributed by atoms with Gasteiger partial charge in [0.1, 0.15) is 31.1 Å². The molecule has 63 heavy (non-hydrogen) atoms. The summed E-state index contributed by atoms with van der Waals surface area (Å²) in [5.74, 6) is -6.40. The molecule has 3 aliphatic carbocycles. The molecule has 1 saturated heterocycles. The van der Waals surface area contributed by atoms with Gasteiger partial charge in [-0.05, 0) is 75.6 Å². The van der Waals surface area contributed by atoms with Crippen LogP contribution in [0.2, 0.25) is 0 Å². The number of aryl methyl sites for hydroxylation is 2. The molecule has 1 aliphatic heterocycles. The Labute approximate surface area is 365 Å². The molecule has 4 aliphatic rings. The molecule has 8 atom stereocenters. The lowest BCUT2D eigenvalue weighted by Crippen LogP contribution is -2.69. The number of rotatable bonds is 18. The molecule has 2 unspecified atom stereocenters. The summed E-state index contributed by atoms with van der Waals surface area (Å²) in [5.41, 5.74) is 1.81. The quantitative estimate of drug-likeness (QED) is 0.0998. The predicted molar refractivity (Wildman–Crippen MR) is 222 cm³/mol. The van der Waals surface area contributed by atoms with Crippen molar-refractivity contribution in [3.8, 4) is 5.75 Å². The van der Waals surface area contributed by atoms with Gasteiger partial charge < -0.3 is 61.0 Å². The fourth-order valence-corrected chi connectivity index (χ4v) is 9.15. The van der Waals surface area contributed by atoms with Crippen molar-refractivity contribution >= 4 is 29.6 Å². The fourth-order valence-electron chi connectivity index (χ4n) is 9.15. The molecule has 4 fully saturated rings. The highest BCUT2D eigenvalue weighted by Gasteiger charge is 2.57. The molecule has 4 amide bonds. The number of carbonyl (C=O) groups is 5. The first kappa shape index (κ1) is 47.7. The van der Waals surface area contributed by atoms with Crippen LogP contribution in [0.1, 0.15) is 123 Å². The number of nitrogens with zero attached hydrogens (tertiary/aromatic N) is 3. The number of aliphatic hydroxyl groups excluding tert-OH is 3. The second-order valence-electron chi connectivity index (χ2n) is 17.5. The van der Waals surface area contributed by atoms with E-state index in [1.165, 1.54) is 16.8 Å². The van der Waals surface area contributed by atoms with Crippen molar-refractivity contribution in [3.63, 3.8) is 0 Å². The molecular weight excluding hydrogens is 823 g/mol. The summed E-state index contributed by atoms with van der Waals surface area (Å²) in [7, 11) is 0. The van der Waals surface area contributed by atoms with Crippen LogP contribution in [0.3, 0.4) is 0 Å². The fraction of sp³-hybridized carbons (Fsp3) is 0.698. The highest BCUT2D eigenvalue weighted by molar-refractivity contribution is 5.95. The van der Waals surface area contributed by atoms with Gasteiger partial charge in [-0.25, -0.2) is 9.48 Å². The molecule has 2 heterocycles. The minimum atomic E-state index is -2.64. The van der Waals surface area contributed by atoms with Gasteiger partial charge in [-0.3, -0.25) is 19.2 Å². The lowest BCUT2D eigenvalue weighted by molar-refractivity contribution is -0.325. The molecule has 2 aromatic rings. The van der Waals surface area contributed by atoms with E-state index in [1.54, 1.807) is 20.0 Å². The van der Waals surface area contributed by atoms with E-state index in [0.717, 1.165) is 63.5 Å². The Balaban J connectivity index is 1.16. The Morgan fingerprint density at radius 1 is 0.889 bits per heavy atom. The van der Waals surface area contributed by atoms with Crippen LogP contribution < -0.4 is 21.3 Å². The summed E-state index contributed by atoms with van der Waals surface area (Å²) in [4.78, 5) is 65.3. The van der Waals surface area contributed by atoms with Crippen molar-refractivity contribution < 1.29 is 63.7 Å². The molecule has 0 bridgehead atoms. The number of aliphatic hydroxyl groups is 3. The number of carbonyl (C=O) groups excluding carboxylic acids is 4. The Morgan fingerprint density at radius 2 is 1.56 bits per heavy atom. The summed E-state index contributed by atoms with van der Waals surface area (Å²) < 4.78 is 19.3. The van der Waals surface area contributed by atoms with Crippen LogP contribution in [-0.4, -0.2) is 144 Å². The Hall–Kier alpha value is -4.73. The average molecular weight is 886 g/mol. The van der Waals surface area contributed by atoms with Crippen LogP contribution in [0.25, 0.3) is 0 Å². The van der Waals surface area contributed by atoms with Gasteiger partial charge in [0, 0.05) is 30.6 Å². The topological polar surface area (TPSA) is 293 Å². The second kappa shape index (κ2) is 21.8.